The maximum Gasteiger partial charge on any atom is 0.340 e. The third-order valence-electron chi connectivity index (χ3n) is 7.82. The van der Waals surface area contributed by atoms with Gasteiger partial charge in [0.2, 0.25) is 5.91 Å². The minimum absolute atomic E-state index is 0.0246. The van der Waals surface area contributed by atoms with E-state index in [-0.39, 0.29) is 29.0 Å². The third kappa shape index (κ3) is 6.20. The number of β-lactam (4-membered cyclic amide) rings is 1. The topological polar surface area (TPSA) is 174 Å². The molecule has 1 unspecified atom stereocenters. The number of esters is 2. The Labute approximate surface area is 278 Å². The van der Waals surface area contributed by atoms with Crippen molar-refractivity contribution in [2.45, 2.75) is 38.3 Å². The summed E-state index contributed by atoms with van der Waals surface area (Å²) in [5, 5.41) is 22.7. The molecule has 2 aliphatic rings. The number of amides is 3. The monoisotopic (exact) mass is 669 g/mol. The first-order valence-corrected chi connectivity index (χ1v) is 14.9. The van der Waals surface area contributed by atoms with E-state index in [4.69, 9.17) is 21.7 Å². The van der Waals surface area contributed by atoms with E-state index in [0.717, 1.165) is 10.3 Å². The van der Waals surface area contributed by atoms with Crippen molar-refractivity contribution in [3.8, 4) is 0 Å². The molecule has 0 aromatic heterocycles. The number of hydrogen-bond donors (Lipinski definition) is 1. The maximum absolute atomic E-state index is 14.0. The largest absolute Gasteiger partial charge is 0.506 e. The number of rotatable bonds is 12. The van der Waals surface area contributed by atoms with Gasteiger partial charge in [0.1, 0.15) is 30.6 Å². The highest BCUT2D eigenvalue weighted by molar-refractivity contribution is 7.79. The van der Waals surface area contributed by atoms with Crippen molar-refractivity contribution < 1.29 is 43.5 Å². The van der Waals surface area contributed by atoms with Crippen molar-refractivity contribution in [1.82, 2.24) is 9.80 Å². The lowest BCUT2D eigenvalue weighted by atomic mass is 9.83. The number of aliphatic hydroxyl groups is 1. The van der Waals surface area contributed by atoms with E-state index < -0.39 is 70.6 Å². The molecule has 2 aliphatic heterocycles. The summed E-state index contributed by atoms with van der Waals surface area (Å²) < 4.78 is 10.9. The quantitative estimate of drug-likeness (QED) is 0.0340. The zero-order chi connectivity index (χ0) is 34.7. The van der Waals surface area contributed by atoms with E-state index in [1.165, 1.54) is 43.3 Å². The standard InChI is InChI=1S/C34H27N3O10S/c1-19(2)27(34(43)47-16-20-8-4-3-5-9-20)35-28(29(32(35)41)36-30(39)23-10-6-7-11-24(23)31(36)40)26(25(38)18-48)33(42)46-17-21-12-14-22(15-13-21)37(44)45/h3-15,18,27-29,38H,1,16-17H2,2H3/b26-25-/t27?,28-,29+/m0/s1. The van der Waals surface area contributed by atoms with Crippen LogP contribution in [0.4, 0.5) is 5.69 Å². The molecule has 1 fully saturated rings. The van der Waals surface area contributed by atoms with Gasteiger partial charge >= 0.3 is 11.9 Å². The van der Waals surface area contributed by atoms with Gasteiger partial charge < -0.3 is 19.5 Å². The van der Waals surface area contributed by atoms with Crippen molar-refractivity contribution >= 4 is 52.9 Å². The number of nitro benzene ring substituents is 1. The molecule has 3 amide bonds. The summed E-state index contributed by atoms with van der Waals surface area (Å²) >= 11 is 4.92. The number of imide groups is 1. The fourth-order valence-electron chi connectivity index (χ4n) is 5.53. The highest BCUT2D eigenvalue weighted by atomic mass is 32.1. The van der Waals surface area contributed by atoms with Crippen molar-refractivity contribution in [2.24, 2.45) is 0 Å². The predicted octanol–water partition coefficient (Wildman–Crippen LogP) is 4.01. The van der Waals surface area contributed by atoms with Gasteiger partial charge in [-0.05, 0) is 47.9 Å². The van der Waals surface area contributed by atoms with Gasteiger partial charge in [-0.15, -0.1) is 0 Å². The zero-order valence-corrected chi connectivity index (χ0v) is 26.1. The second kappa shape index (κ2) is 13.8. The van der Waals surface area contributed by atoms with Gasteiger partial charge in [-0.1, -0.05) is 61.3 Å². The van der Waals surface area contributed by atoms with Crippen LogP contribution >= 0.6 is 12.2 Å². The molecule has 3 aromatic carbocycles. The van der Waals surface area contributed by atoms with Crippen molar-refractivity contribution in [1.29, 1.82) is 0 Å². The van der Waals surface area contributed by atoms with Gasteiger partial charge in [0, 0.05) is 17.5 Å². The number of ether oxygens (including phenoxy) is 2. The Morgan fingerprint density at radius 2 is 1.48 bits per heavy atom. The normalized spacial score (nSPS) is 17.9. The molecule has 0 saturated carbocycles. The van der Waals surface area contributed by atoms with Crippen molar-refractivity contribution in [3.63, 3.8) is 0 Å². The molecule has 2 heterocycles. The van der Waals surface area contributed by atoms with Crippen LogP contribution in [0.25, 0.3) is 0 Å². The highest BCUT2D eigenvalue weighted by Gasteiger charge is 2.62. The van der Waals surface area contributed by atoms with Crippen LogP contribution in [0.2, 0.25) is 0 Å². The summed E-state index contributed by atoms with van der Waals surface area (Å²) in [7, 11) is 0. The first-order chi connectivity index (χ1) is 23.0. The first kappa shape index (κ1) is 33.3. The third-order valence-corrected chi connectivity index (χ3v) is 8.05. The average Bonchev–Trinajstić information content (AvgIpc) is 3.33. The second-order valence-electron chi connectivity index (χ2n) is 10.9. The number of carbonyl (C=O) groups excluding carboxylic acids is 5. The summed E-state index contributed by atoms with van der Waals surface area (Å²) in [6.07, 6.45) is 0. The average molecular weight is 670 g/mol. The lowest BCUT2D eigenvalue weighted by Crippen LogP contribution is -2.76. The molecule has 0 bridgehead atoms. The molecule has 13 nitrogen and oxygen atoms in total. The van der Waals surface area contributed by atoms with Crippen LogP contribution < -0.4 is 0 Å². The Morgan fingerprint density at radius 1 is 0.938 bits per heavy atom. The van der Waals surface area contributed by atoms with Crippen LogP contribution in [0.1, 0.15) is 38.8 Å². The number of aliphatic hydroxyl groups excluding tert-OH is 1. The van der Waals surface area contributed by atoms with Crippen LogP contribution in [-0.4, -0.2) is 73.0 Å². The SMILES string of the molecule is C=C(C)C(C(=O)OCc1ccccc1)N1C(=O)[C@H](N2C(=O)c3ccccc3C2=O)[C@@H]1/C(C(=O)OCc1ccc([N+](=O)[O-])cc1)=C(/O)C=S. The minimum Gasteiger partial charge on any atom is -0.506 e. The summed E-state index contributed by atoms with van der Waals surface area (Å²) in [5.74, 6) is -5.49. The van der Waals surface area contributed by atoms with Gasteiger partial charge in [0.25, 0.3) is 17.5 Å². The van der Waals surface area contributed by atoms with E-state index in [0.29, 0.717) is 16.0 Å². The number of fused-ring (bicyclic) bond motifs is 1. The molecule has 48 heavy (non-hydrogen) atoms. The number of carbonyl (C=O) groups is 5. The smallest absolute Gasteiger partial charge is 0.340 e. The number of thiocarbonyl (C=S) groups is 1. The Morgan fingerprint density at radius 3 is 2.02 bits per heavy atom. The van der Waals surface area contributed by atoms with Crippen LogP contribution in [0.5, 0.6) is 0 Å². The number of allylic oxidation sites excluding steroid dienone is 1. The number of likely N-dealkylation sites (tertiary alicyclic amines) is 1. The molecule has 1 N–H and O–H groups in total. The van der Waals surface area contributed by atoms with Gasteiger partial charge in [0.05, 0.1) is 22.1 Å². The Bertz CT molecular complexity index is 1860. The molecule has 0 aliphatic carbocycles. The number of benzene rings is 3. The molecule has 14 heteroatoms. The van der Waals surface area contributed by atoms with E-state index in [1.54, 1.807) is 42.5 Å². The lowest BCUT2D eigenvalue weighted by molar-refractivity contribution is -0.384. The summed E-state index contributed by atoms with van der Waals surface area (Å²) in [5.41, 5.74) is 0.352. The highest BCUT2D eigenvalue weighted by Crippen LogP contribution is 2.39. The second-order valence-corrected chi connectivity index (χ2v) is 11.2. The molecule has 5 rings (SSSR count). The van der Waals surface area contributed by atoms with Gasteiger partial charge in [-0.3, -0.25) is 29.4 Å². The molecule has 0 radical (unpaired) electrons. The van der Waals surface area contributed by atoms with Gasteiger partial charge in [-0.25, -0.2) is 9.59 Å². The van der Waals surface area contributed by atoms with Gasteiger partial charge in [-0.2, -0.15) is 0 Å². The van der Waals surface area contributed by atoms with Crippen molar-refractivity contribution in [3.05, 3.63) is 135 Å². The first-order valence-electron chi connectivity index (χ1n) is 14.4. The van der Waals surface area contributed by atoms with Crippen LogP contribution in [-0.2, 0) is 37.1 Å². The number of hydrogen-bond acceptors (Lipinski definition) is 11. The Balaban J connectivity index is 1.52. The molecule has 0 spiro atoms. The number of nitro groups is 1. The molecular formula is C34H27N3O10S. The van der Waals surface area contributed by atoms with E-state index in [9.17, 15) is 39.2 Å². The van der Waals surface area contributed by atoms with Crippen LogP contribution in [0.3, 0.4) is 0 Å². The van der Waals surface area contributed by atoms with E-state index >= 15 is 0 Å². The van der Waals surface area contributed by atoms with Crippen LogP contribution in [0.15, 0.2) is 102 Å². The van der Waals surface area contributed by atoms with Gasteiger partial charge in [0.15, 0.2) is 6.04 Å². The fraction of sp³-hybridized carbons (Fsp3) is 0.176. The molecular weight excluding hydrogens is 642 g/mol. The van der Waals surface area contributed by atoms with Crippen LogP contribution in [0, 0.1) is 10.1 Å². The van der Waals surface area contributed by atoms with Crippen molar-refractivity contribution in [2.75, 3.05) is 0 Å². The van der Waals surface area contributed by atoms with E-state index in [2.05, 4.69) is 6.58 Å². The Hall–Kier alpha value is -6.02. The zero-order valence-electron chi connectivity index (χ0n) is 25.3. The molecule has 1 saturated heterocycles. The maximum atomic E-state index is 14.0. The summed E-state index contributed by atoms with van der Waals surface area (Å²) in [4.78, 5) is 80.3. The molecule has 3 atom stereocenters. The fourth-order valence-corrected chi connectivity index (χ4v) is 5.66. The Kier molecular flexibility index (Phi) is 9.56. The molecule has 244 valence electrons. The predicted molar refractivity (Wildman–Crippen MR) is 172 cm³/mol. The summed E-state index contributed by atoms with van der Waals surface area (Å²) in [6.45, 7) is 4.70. The van der Waals surface area contributed by atoms with E-state index in [1.807, 2.05) is 0 Å². The number of nitrogens with zero attached hydrogens (tertiary/aromatic N) is 3. The summed E-state index contributed by atoms with van der Waals surface area (Å²) in [6, 6.07) is 14.9. The molecule has 3 aromatic rings. The number of non-ortho nitro benzene ring substituents is 1. The minimum atomic E-state index is -1.69. The lowest BCUT2D eigenvalue weighted by Gasteiger charge is -2.52.